The minimum atomic E-state index is -0.422. The number of ketones is 2. The van der Waals surface area contributed by atoms with Gasteiger partial charge >= 0.3 is 0 Å². The van der Waals surface area contributed by atoms with Crippen LogP contribution in [0.25, 0.3) is 0 Å². The molecule has 0 saturated heterocycles. The van der Waals surface area contributed by atoms with Crippen molar-refractivity contribution in [3.8, 4) is 11.5 Å². The van der Waals surface area contributed by atoms with E-state index in [1.54, 1.807) is 31.4 Å². The normalized spacial score (nSPS) is 14.0. The van der Waals surface area contributed by atoms with Crippen LogP contribution in [0.15, 0.2) is 30.3 Å². The molecule has 6 heteroatoms. The van der Waals surface area contributed by atoms with Crippen molar-refractivity contribution in [2.24, 2.45) is 0 Å². The lowest BCUT2D eigenvalue weighted by atomic mass is 9.82. The molecular formula is C19H19NO5. The van der Waals surface area contributed by atoms with Gasteiger partial charge in [0.2, 0.25) is 0 Å². The van der Waals surface area contributed by atoms with E-state index < -0.39 is 11.6 Å². The Labute approximate surface area is 145 Å². The van der Waals surface area contributed by atoms with Crippen molar-refractivity contribution in [2.75, 3.05) is 19.5 Å². The summed E-state index contributed by atoms with van der Waals surface area (Å²) in [5, 5.41) is 10.3. The number of anilines is 1. The lowest BCUT2D eigenvalue weighted by Crippen LogP contribution is -2.23. The van der Waals surface area contributed by atoms with Crippen molar-refractivity contribution in [1.82, 2.24) is 0 Å². The fourth-order valence-corrected chi connectivity index (χ4v) is 2.85. The molecule has 2 aromatic carbocycles. The molecule has 2 aromatic rings. The zero-order valence-corrected chi connectivity index (χ0v) is 14.0. The first kappa shape index (κ1) is 17.0. The van der Waals surface area contributed by atoms with E-state index in [9.17, 15) is 14.7 Å². The minimum absolute atomic E-state index is 0.00140. The quantitative estimate of drug-likeness (QED) is 0.546. The summed E-state index contributed by atoms with van der Waals surface area (Å²) in [6.45, 7) is 2.20. The Morgan fingerprint density at radius 3 is 2.32 bits per heavy atom. The maximum atomic E-state index is 12.8. The summed E-state index contributed by atoms with van der Waals surface area (Å²) < 4.78 is 10.7. The third kappa shape index (κ3) is 2.85. The third-order valence-corrected chi connectivity index (χ3v) is 4.36. The maximum absolute atomic E-state index is 12.8. The van der Waals surface area contributed by atoms with E-state index in [-0.39, 0.29) is 45.5 Å². The van der Waals surface area contributed by atoms with Gasteiger partial charge in [-0.1, -0.05) is 24.3 Å². The number of phenols is 1. The molecule has 25 heavy (non-hydrogen) atoms. The van der Waals surface area contributed by atoms with Crippen LogP contribution in [0.4, 0.5) is 5.69 Å². The number of hydrogen-bond donors (Lipinski definition) is 2. The summed E-state index contributed by atoms with van der Waals surface area (Å²) in [7, 11) is 1.60. The number of benzene rings is 2. The van der Waals surface area contributed by atoms with Crippen molar-refractivity contribution < 1.29 is 24.2 Å². The van der Waals surface area contributed by atoms with Crippen molar-refractivity contribution >= 4 is 17.3 Å². The smallest absolute Gasteiger partial charge is 0.198 e. The Hall–Kier alpha value is -2.86. The number of phenolic OH excluding ortho intramolecular Hbond substituents is 1. The van der Waals surface area contributed by atoms with E-state index in [4.69, 9.17) is 15.2 Å². The van der Waals surface area contributed by atoms with E-state index in [2.05, 4.69) is 0 Å². The molecule has 6 nitrogen and oxygen atoms in total. The largest absolute Gasteiger partial charge is 0.507 e. The molecule has 3 rings (SSSR count). The van der Waals surface area contributed by atoms with E-state index in [0.717, 1.165) is 0 Å². The van der Waals surface area contributed by atoms with Crippen LogP contribution < -0.4 is 10.5 Å². The second kappa shape index (κ2) is 6.57. The highest BCUT2D eigenvalue weighted by Crippen LogP contribution is 2.41. The van der Waals surface area contributed by atoms with E-state index in [1.165, 1.54) is 6.07 Å². The summed E-state index contributed by atoms with van der Waals surface area (Å²) in [4.78, 5) is 25.4. The van der Waals surface area contributed by atoms with Gasteiger partial charge in [-0.05, 0) is 6.92 Å². The molecule has 3 N–H and O–H groups in total. The first-order valence-corrected chi connectivity index (χ1v) is 7.95. The van der Waals surface area contributed by atoms with E-state index >= 15 is 0 Å². The fraction of sp³-hybridized carbons (Fsp3) is 0.263. The van der Waals surface area contributed by atoms with E-state index in [0.29, 0.717) is 13.0 Å². The van der Waals surface area contributed by atoms with Crippen LogP contribution in [0.1, 0.15) is 45.2 Å². The molecule has 0 radical (unpaired) electrons. The number of carbonyl (C=O) groups is 2. The van der Waals surface area contributed by atoms with Gasteiger partial charge < -0.3 is 20.3 Å². The summed E-state index contributed by atoms with van der Waals surface area (Å²) in [6, 6.07) is 7.76. The average Bonchev–Trinajstić information content (AvgIpc) is 2.62. The van der Waals surface area contributed by atoms with Crippen LogP contribution in [-0.4, -0.2) is 36.5 Å². The fourth-order valence-electron chi connectivity index (χ4n) is 2.85. The first-order valence-electron chi connectivity index (χ1n) is 7.95. The Bertz CT molecular complexity index is 859. The number of rotatable bonds is 5. The summed E-state index contributed by atoms with van der Waals surface area (Å²) >= 11 is 0. The van der Waals surface area contributed by atoms with Gasteiger partial charge in [0.1, 0.15) is 11.5 Å². The number of aromatic hydroxyl groups is 1. The van der Waals surface area contributed by atoms with Crippen LogP contribution >= 0.6 is 0 Å². The van der Waals surface area contributed by atoms with Gasteiger partial charge in [0, 0.05) is 30.7 Å². The standard InChI is InChI=1S/C19H19NO5/c1-10(24-2)7-8-25-14-9-13(21)15-16(17(14)20)19(23)12-6-4-3-5-11(12)18(15)22/h3-6,9-10,21H,7-8,20H2,1-2H3. The molecule has 0 spiro atoms. The molecule has 0 bridgehead atoms. The molecule has 0 aliphatic heterocycles. The summed E-state index contributed by atoms with van der Waals surface area (Å²) in [5.74, 6) is -0.949. The van der Waals surface area contributed by atoms with Crippen LogP contribution in [-0.2, 0) is 4.74 Å². The van der Waals surface area contributed by atoms with Crippen LogP contribution in [0.5, 0.6) is 11.5 Å². The monoisotopic (exact) mass is 341 g/mol. The predicted molar refractivity (Wildman–Crippen MR) is 92.4 cm³/mol. The maximum Gasteiger partial charge on any atom is 0.198 e. The summed E-state index contributed by atoms with van der Waals surface area (Å²) in [6.07, 6.45) is 0.617. The molecule has 1 atom stereocenters. The number of carbonyl (C=O) groups excluding carboxylic acids is 2. The molecular weight excluding hydrogens is 322 g/mol. The summed E-state index contributed by atoms with van der Waals surface area (Å²) in [5.41, 5.74) is 6.62. The number of hydrogen-bond acceptors (Lipinski definition) is 6. The predicted octanol–water partition coefficient (Wildman–Crippen LogP) is 2.55. The molecule has 1 unspecified atom stereocenters. The average molecular weight is 341 g/mol. The number of nitrogens with two attached hydrogens (primary N) is 1. The Kier molecular flexibility index (Phi) is 4.46. The number of ether oxygens (including phenoxy) is 2. The van der Waals surface area contributed by atoms with Gasteiger partial charge in [-0.2, -0.15) is 0 Å². The van der Waals surface area contributed by atoms with Gasteiger partial charge in [-0.25, -0.2) is 0 Å². The third-order valence-electron chi connectivity index (χ3n) is 4.36. The number of fused-ring (bicyclic) bond motifs is 2. The van der Waals surface area contributed by atoms with Crippen LogP contribution in [0, 0.1) is 0 Å². The van der Waals surface area contributed by atoms with Crippen LogP contribution in [0.3, 0.4) is 0 Å². The molecule has 0 amide bonds. The zero-order chi connectivity index (χ0) is 18.1. The first-order chi connectivity index (χ1) is 12.0. The highest BCUT2D eigenvalue weighted by atomic mass is 16.5. The lowest BCUT2D eigenvalue weighted by molar-refractivity contribution is 0.0952. The van der Waals surface area contributed by atoms with Crippen molar-refractivity contribution in [1.29, 1.82) is 0 Å². The minimum Gasteiger partial charge on any atom is -0.507 e. The Morgan fingerprint density at radius 2 is 1.72 bits per heavy atom. The van der Waals surface area contributed by atoms with E-state index in [1.807, 2.05) is 6.92 Å². The topological polar surface area (TPSA) is 98.8 Å². The van der Waals surface area contributed by atoms with Gasteiger partial charge in [-0.15, -0.1) is 0 Å². The Balaban J connectivity index is 2.01. The Morgan fingerprint density at radius 1 is 1.12 bits per heavy atom. The molecule has 130 valence electrons. The molecule has 0 fully saturated rings. The lowest BCUT2D eigenvalue weighted by Gasteiger charge is -2.22. The molecule has 0 aromatic heterocycles. The van der Waals surface area contributed by atoms with Gasteiger partial charge in [0.15, 0.2) is 11.6 Å². The van der Waals surface area contributed by atoms with Crippen molar-refractivity contribution in [3.05, 3.63) is 52.6 Å². The second-order valence-corrected chi connectivity index (χ2v) is 5.94. The molecule has 1 aliphatic carbocycles. The number of nitrogen functional groups attached to an aromatic ring is 1. The van der Waals surface area contributed by atoms with Gasteiger partial charge in [0.05, 0.1) is 29.5 Å². The van der Waals surface area contributed by atoms with Gasteiger partial charge in [0.25, 0.3) is 0 Å². The number of methoxy groups -OCH3 is 1. The highest BCUT2D eigenvalue weighted by molar-refractivity contribution is 6.31. The van der Waals surface area contributed by atoms with Gasteiger partial charge in [-0.3, -0.25) is 9.59 Å². The zero-order valence-electron chi connectivity index (χ0n) is 14.0. The molecule has 0 saturated carbocycles. The molecule has 0 heterocycles. The highest BCUT2D eigenvalue weighted by Gasteiger charge is 2.35. The van der Waals surface area contributed by atoms with Crippen molar-refractivity contribution in [2.45, 2.75) is 19.4 Å². The van der Waals surface area contributed by atoms with Crippen molar-refractivity contribution in [3.63, 3.8) is 0 Å². The van der Waals surface area contributed by atoms with Crippen LogP contribution in [0.2, 0.25) is 0 Å². The molecule has 1 aliphatic rings. The second-order valence-electron chi connectivity index (χ2n) is 5.94. The SMILES string of the molecule is COC(C)CCOc1cc(O)c2c(c1N)C(=O)c1ccccc1C2=O.